The second-order valence-corrected chi connectivity index (χ2v) is 5.32. The molecule has 0 fully saturated rings. The van der Waals surface area contributed by atoms with E-state index in [9.17, 15) is 8.42 Å². The van der Waals surface area contributed by atoms with E-state index < -0.39 is 10.0 Å². The zero-order chi connectivity index (χ0) is 12.3. The van der Waals surface area contributed by atoms with Crippen molar-refractivity contribution in [2.75, 3.05) is 12.3 Å². The summed E-state index contributed by atoms with van der Waals surface area (Å²) in [6, 6.07) is 2.74. The molecule has 0 radical (unpaired) electrons. The summed E-state index contributed by atoms with van der Waals surface area (Å²) in [7, 11) is -3.62. The van der Waals surface area contributed by atoms with Crippen LogP contribution in [0.2, 0.25) is 5.02 Å². The first kappa shape index (κ1) is 12.8. The third-order valence-electron chi connectivity index (χ3n) is 1.93. The topological polar surface area (TPSA) is 72.2 Å². The molecule has 1 aromatic carbocycles. The van der Waals surface area contributed by atoms with Crippen LogP contribution in [0.4, 0.5) is 5.69 Å². The monoisotopic (exact) mass is 258 g/mol. The van der Waals surface area contributed by atoms with Gasteiger partial charge in [-0.3, -0.25) is 0 Å². The summed E-state index contributed by atoms with van der Waals surface area (Å²) in [5.74, 6) is 2.19. The van der Waals surface area contributed by atoms with Gasteiger partial charge in [-0.2, -0.15) is 4.72 Å². The van der Waals surface area contributed by atoms with Gasteiger partial charge in [0.15, 0.2) is 0 Å². The molecule has 0 aromatic heterocycles. The normalized spacial score (nSPS) is 11.1. The maximum absolute atomic E-state index is 11.7. The van der Waals surface area contributed by atoms with Gasteiger partial charge in [0, 0.05) is 0 Å². The van der Waals surface area contributed by atoms with Crippen LogP contribution in [0.25, 0.3) is 0 Å². The number of rotatable bonds is 3. The summed E-state index contributed by atoms with van der Waals surface area (Å²) in [6.07, 6.45) is 4.97. The Labute approximate surface area is 99.8 Å². The Bertz CT molecular complexity index is 523. The number of nitrogens with two attached hydrogens (primary N) is 1. The summed E-state index contributed by atoms with van der Waals surface area (Å²) >= 11 is 5.83. The number of hydrogen-bond acceptors (Lipinski definition) is 3. The number of aryl methyl sites for hydroxylation is 1. The van der Waals surface area contributed by atoms with Crippen molar-refractivity contribution < 1.29 is 8.42 Å². The lowest BCUT2D eigenvalue weighted by atomic mass is 10.2. The van der Waals surface area contributed by atoms with E-state index in [1.165, 1.54) is 12.1 Å². The van der Waals surface area contributed by atoms with E-state index in [-0.39, 0.29) is 17.1 Å². The summed E-state index contributed by atoms with van der Waals surface area (Å²) in [5, 5.41) is 0.357. The Morgan fingerprint density at radius 1 is 1.56 bits per heavy atom. The van der Waals surface area contributed by atoms with Crippen molar-refractivity contribution in [3.63, 3.8) is 0 Å². The average molecular weight is 259 g/mol. The van der Waals surface area contributed by atoms with Gasteiger partial charge < -0.3 is 5.73 Å². The summed E-state index contributed by atoms with van der Waals surface area (Å²) in [5.41, 5.74) is 6.41. The first-order valence-corrected chi connectivity index (χ1v) is 6.23. The molecule has 0 bridgehead atoms. The van der Waals surface area contributed by atoms with E-state index in [1.807, 2.05) is 0 Å². The molecule has 86 valence electrons. The van der Waals surface area contributed by atoms with Crippen molar-refractivity contribution in [1.29, 1.82) is 0 Å². The average Bonchev–Trinajstić information content (AvgIpc) is 2.22. The highest BCUT2D eigenvalue weighted by Crippen LogP contribution is 2.26. The van der Waals surface area contributed by atoms with E-state index in [0.29, 0.717) is 10.6 Å². The van der Waals surface area contributed by atoms with Gasteiger partial charge in [-0.15, -0.1) is 6.42 Å². The zero-order valence-electron chi connectivity index (χ0n) is 8.62. The van der Waals surface area contributed by atoms with Crippen LogP contribution in [0.5, 0.6) is 0 Å². The van der Waals surface area contributed by atoms with Crippen LogP contribution < -0.4 is 10.5 Å². The van der Waals surface area contributed by atoms with E-state index in [4.69, 9.17) is 23.8 Å². The lowest BCUT2D eigenvalue weighted by Gasteiger charge is -2.08. The Morgan fingerprint density at radius 3 is 2.69 bits per heavy atom. The van der Waals surface area contributed by atoms with Crippen LogP contribution in [0.15, 0.2) is 17.0 Å². The molecule has 0 saturated carbocycles. The van der Waals surface area contributed by atoms with E-state index in [1.54, 1.807) is 6.92 Å². The molecule has 0 spiro atoms. The number of terminal acetylenes is 1. The van der Waals surface area contributed by atoms with Gasteiger partial charge in [-0.25, -0.2) is 8.42 Å². The van der Waals surface area contributed by atoms with Gasteiger partial charge in [-0.05, 0) is 24.6 Å². The quantitative estimate of drug-likeness (QED) is 0.631. The van der Waals surface area contributed by atoms with Crippen LogP contribution in [0, 0.1) is 19.3 Å². The number of hydrogen-bond donors (Lipinski definition) is 2. The maximum atomic E-state index is 11.7. The van der Waals surface area contributed by atoms with E-state index in [2.05, 4.69) is 10.6 Å². The second-order valence-electron chi connectivity index (χ2n) is 3.17. The van der Waals surface area contributed by atoms with Crippen molar-refractivity contribution in [1.82, 2.24) is 4.72 Å². The van der Waals surface area contributed by atoms with Gasteiger partial charge >= 0.3 is 0 Å². The molecular formula is C10H11ClN2O2S. The fourth-order valence-electron chi connectivity index (χ4n) is 1.14. The molecule has 0 aliphatic carbocycles. The fraction of sp³-hybridized carbons (Fsp3) is 0.200. The van der Waals surface area contributed by atoms with Crippen molar-refractivity contribution in [2.24, 2.45) is 0 Å². The Hall–Kier alpha value is -1.22. The minimum atomic E-state index is -3.62. The van der Waals surface area contributed by atoms with Gasteiger partial charge in [0.2, 0.25) is 10.0 Å². The summed E-state index contributed by atoms with van der Waals surface area (Å²) < 4.78 is 25.6. The Kier molecular flexibility index (Phi) is 3.81. The minimum absolute atomic E-state index is 0.0575. The Balaban J connectivity index is 3.21. The lowest BCUT2D eigenvalue weighted by Crippen LogP contribution is -2.24. The smallest absolute Gasteiger partial charge is 0.241 e. The van der Waals surface area contributed by atoms with Crippen LogP contribution in [-0.2, 0) is 10.0 Å². The Morgan fingerprint density at radius 2 is 2.19 bits per heavy atom. The van der Waals surface area contributed by atoms with Crippen LogP contribution >= 0.6 is 11.6 Å². The largest absolute Gasteiger partial charge is 0.397 e. The van der Waals surface area contributed by atoms with Crippen LogP contribution in [0.1, 0.15) is 5.56 Å². The highest BCUT2D eigenvalue weighted by molar-refractivity contribution is 7.89. The molecule has 16 heavy (non-hydrogen) atoms. The molecule has 0 atom stereocenters. The third-order valence-corrected chi connectivity index (χ3v) is 3.83. The fourth-order valence-corrected chi connectivity index (χ4v) is 2.30. The standard InChI is InChI=1S/C10H11ClN2O2S/c1-3-4-13-16(14,15)8-5-7(2)10(11)9(12)6-8/h1,5-6,13H,4,12H2,2H3. The van der Waals surface area contributed by atoms with Crippen molar-refractivity contribution in [2.45, 2.75) is 11.8 Å². The van der Waals surface area contributed by atoms with Gasteiger partial charge in [0.25, 0.3) is 0 Å². The molecule has 4 nitrogen and oxygen atoms in total. The number of nitrogens with one attached hydrogen (secondary N) is 1. The van der Waals surface area contributed by atoms with Crippen molar-refractivity contribution in [3.8, 4) is 12.3 Å². The van der Waals surface area contributed by atoms with Gasteiger partial charge in [0.05, 0.1) is 22.2 Å². The second kappa shape index (κ2) is 4.74. The number of anilines is 1. The predicted octanol–water partition coefficient (Wildman–Crippen LogP) is 1.14. The van der Waals surface area contributed by atoms with Gasteiger partial charge in [-0.1, -0.05) is 17.5 Å². The lowest BCUT2D eigenvalue weighted by molar-refractivity contribution is 0.586. The molecule has 0 amide bonds. The first-order chi connectivity index (χ1) is 7.38. The van der Waals surface area contributed by atoms with E-state index in [0.717, 1.165) is 0 Å². The number of halogens is 1. The van der Waals surface area contributed by atoms with Crippen LogP contribution in [0.3, 0.4) is 0 Å². The predicted molar refractivity (Wildman–Crippen MR) is 64.6 cm³/mol. The molecule has 0 aliphatic heterocycles. The van der Waals surface area contributed by atoms with Gasteiger partial charge in [0.1, 0.15) is 0 Å². The molecule has 1 aromatic rings. The highest BCUT2D eigenvalue weighted by Gasteiger charge is 2.15. The van der Waals surface area contributed by atoms with E-state index >= 15 is 0 Å². The molecular weight excluding hydrogens is 248 g/mol. The molecule has 3 N–H and O–H groups in total. The minimum Gasteiger partial charge on any atom is -0.397 e. The van der Waals surface area contributed by atoms with Crippen molar-refractivity contribution in [3.05, 3.63) is 22.7 Å². The first-order valence-electron chi connectivity index (χ1n) is 4.37. The SMILES string of the molecule is C#CCNS(=O)(=O)c1cc(C)c(Cl)c(N)c1. The maximum Gasteiger partial charge on any atom is 0.241 e. The molecule has 0 aliphatic rings. The number of nitrogen functional groups attached to an aromatic ring is 1. The highest BCUT2D eigenvalue weighted by atomic mass is 35.5. The van der Waals surface area contributed by atoms with Crippen molar-refractivity contribution >= 4 is 27.3 Å². The number of sulfonamides is 1. The third kappa shape index (κ3) is 2.67. The molecule has 0 heterocycles. The zero-order valence-corrected chi connectivity index (χ0v) is 10.2. The summed E-state index contributed by atoms with van der Waals surface area (Å²) in [4.78, 5) is 0.0575. The molecule has 0 saturated heterocycles. The van der Waals surface area contributed by atoms with Crippen LogP contribution in [-0.4, -0.2) is 15.0 Å². The number of benzene rings is 1. The summed E-state index contributed by atoms with van der Waals surface area (Å²) in [6.45, 7) is 1.61. The molecule has 1 rings (SSSR count). The molecule has 0 unspecified atom stereocenters. The molecule has 6 heteroatoms.